The zero-order valence-corrected chi connectivity index (χ0v) is 13.4. The second kappa shape index (κ2) is 5.55. The molecule has 0 saturated carbocycles. The zero-order chi connectivity index (χ0) is 15.9. The Kier molecular flexibility index (Phi) is 3.51. The molecule has 2 aromatic carbocycles. The summed E-state index contributed by atoms with van der Waals surface area (Å²) in [5.74, 6) is 0.520. The normalized spacial score (nSPS) is 20.0. The molecule has 0 unspecified atom stereocenters. The molecule has 120 valence electrons. The molecule has 0 bridgehead atoms. The molecule has 2 aliphatic rings. The first-order valence-corrected chi connectivity index (χ1v) is 8.14. The average Bonchev–Trinajstić information content (AvgIpc) is 2.57. The topological polar surface area (TPSA) is 47.7 Å². The number of likely N-dealkylation sites (tertiary alicyclic amines) is 1. The standard InChI is InChI=1S/C19H22N2O2/c1-21-9-7-19(8-10-21)22-13-16-11-15(5-6-18(16)23-19)14-3-2-4-17(20)12-14/h2-6,11-12H,7-10,13,20H2,1H3. The van der Waals surface area contributed by atoms with Gasteiger partial charge in [0.2, 0.25) is 5.79 Å². The summed E-state index contributed by atoms with van der Waals surface area (Å²) < 4.78 is 12.4. The molecule has 1 fully saturated rings. The van der Waals surface area contributed by atoms with Gasteiger partial charge in [0.05, 0.1) is 6.61 Å². The largest absolute Gasteiger partial charge is 0.462 e. The Labute approximate surface area is 136 Å². The number of nitrogens with zero attached hydrogens (tertiary/aromatic N) is 1. The third kappa shape index (κ3) is 2.80. The maximum atomic E-state index is 6.25. The van der Waals surface area contributed by atoms with Crippen LogP contribution in [0.3, 0.4) is 0 Å². The second-order valence-electron chi connectivity index (χ2n) is 6.55. The van der Waals surface area contributed by atoms with E-state index in [4.69, 9.17) is 15.2 Å². The Morgan fingerprint density at radius 2 is 1.83 bits per heavy atom. The van der Waals surface area contributed by atoms with E-state index in [1.807, 2.05) is 18.2 Å². The number of rotatable bonds is 1. The molecular weight excluding hydrogens is 288 g/mol. The van der Waals surface area contributed by atoms with E-state index in [1.165, 1.54) is 0 Å². The van der Waals surface area contributed by atoms with Crippen molar-refractivity contribution < 1.29 is 9.47 Å². The van der Waals surface area contributed by atoms with Crippen molar-refractivity contribution in [1.29, 1.82) is 0 Å². The van der Waals surface area contributed by atoms with Crippen molar-refractivity contribution in [3.63, 3.8) is 0 Å². The fourth-order valence-electron chi connectivity index (χ4n) is 3.33. The van der Waals surface area contributed by atoms with Crippen LogP contribution in [0.4, 0.5) is 5.69 Å². The van der Waals surface area contributed by atoms with Crippen LogP contribution >= 0.6 is 0 Å². The van der Waals surface area contributed by atoms with Crippen LogP contribution in [0.25, 0.3) is 11.1 Å². The third-order valence-electron chi connectivity index (χ3n) is 4.82. The van der Waals surface area contributed by atoms with Crippen molar-refractivity contribution in [2.75, 3.05) is 25.9 Å². The number of nitrogens with two attached hydrogens (primary N) is 1. The molecule has 0 amide bonds. The Morgan fingerprint density at radius 1 is 1.04 bits per heavy atom. The molecule has 0 atom stereocenters. The Hall–Kier alpha value is -2.04. The first kappa shape index (κ1) is 14.5. The highest BCUT2D eigenvalue weighted by atomic mass is 16.7. The quantitative estimate of drug-likeness (QED) is 0.821. The number of benzene rings is 2. The van der Waals surface area contributed by atoms with Crippen LogP contribution < -0.4 is 10.5 Å². The van der Waals surface area contributed by atoms with Gasteiger partial charge in [0, 0.05) is 37.2 Å². The van der Waals surface area contributed by atoms with Crippen LogP contribution in [0.2, 0.25) is 0 Å². The minimum absolute atomic E-state index is 0.432. The Bertz CT molecular complexity index is 721. The maximum absolute atomic E-state index is 6.25. The van der Waals surface area contributed by atoms with Gasteiger partial charge in [-0.15, -0.1) is 0 Å². The molecule has 0 aromatic heterocycles. The molecule has 2 N–H and O–H groups in total. The van der Waals surface area contributed by atoms with E-state index in [0.29, 0.717) is 6.61 Å². The molecular formula is C19H22N2O2. The predicted molar refractivity (Wildman–Crippen MR) is 91.2 cm³/mol. The fraction of sp³-hybridized carbons (Fsp3) is 0.368. The second-order valence-corrected chi connectivity index (χ2v) is 6.55. The SMILES string of the molecule is CN1CCC2(CC1)OCc1cc(-c3cccc(N)c3)ccc1O2. The summed E-state index contributed by atoms with van der Waals surface area (Å²) in [5, 5.41) is 0. The maximum Gasteiger partial charge on any atom is 0.213 e. The van der Waals surface area contributed by atoms with Crippen LogP contribution in [0.15, 0.2) is 42.5 Å². The lowest BCUT2D eigenvalue weighted by Crippen LogP contribution is -2.50. The van der Waals surface area contributed by atoms with Gasteiger partial charge >= 0.3 is 0 Å². The van der Waals surface area contributed by atoms with Crippen molar-refractivity contribution in [3.8, 4) is 16.9 Å². The van der Waals surface area contributed by atoms with E-state index in [-0.39, 0.29) is 0 Å². The summed E-state index contributed by atoms with van der Waals surface area (Å²) in [5.41, 5.74) is 10.0. The Morgan fingerprint density at radius 3 is 2.61 bits per heavy atom. The monoisotopic (exact) mass is 310 g/mol. The smallest absolute Gasteiger partial charge is 0.213 e. The average molecular weight is 310 g/mol. The lowest BCUT2D eigenvalue weighted by molar-refractivity contribution is -0.226. The summed E-state index contributed by atoms with van der Waals surface area (Å²) in [6.07, 6.45) is 1.83. The molecule has 2 aromatic rings. The highest BCUT2D eigenvalue weighted by Gasteiger charge is 2.40. The number of fused-ring (bicyclic) bond motifs is 1. The van der Waals surface area contributed by atoms with E-state index in [9.17, 15) is 0 Å². The fourth-order valence-corrected chi connectivity index (χ4v) is 3.33. The molecule has 2 heterocycles. The summed E-state index contributed by atoms with van der Waals surface area (Å²) in [4.78, 5) is 2.32. The van der Waals surface area contributed by atoms with Crippen molar-refractivity contribution in [2.45, 2.75) is 25.2 Å². The molecule has 4 rings (SSSR count). The molecule has 1 saturated heterocycles. The minimum Gasteiger partial charge on any atom is -0.462 e. The number of hydrogen-bond acceptors (Lipinski definition) is 4. The van der Waals surface area contributed by atoms with Gasteiger partial charge in [-0.25, -0.2) is 0 Å². The molecule has 0 radical (unpaired) electrons. The molecule has 1 spiro atoms. The van der Waals surface area contributed by atoms with Gasteiger partial charge in [-0.05, 0) is 42.4 Å². The van der Waals surface area contributed by atoms with E-state index < -0.39 is 5.79 Å². The molecule has 23 heavy (non-hydrogen) atoms. The number of nitrogen functional groups attached to an aromatic ring is 1. The summed E-state index contributed by atoms with van der Waals surface area (Å²) in [6.45, 7) is 2.63. The summed E-state index contributed by atoms with van der Waals surface area (Å²) in [6, 6.07) is 14.2. The van der Waals surface area contributed by atoms with Crippen molar-refractivity contribution in [3.05, 3.63) is 48.0 Å². The number of ether oxygens (including phenoxy) is 2. The predicted octanol–water partition coefficient (Wildman–Crippen LogP) is 3.27. The number of piperidine rings is 1. The van der Waals surface area contributed by atoms with Gasteiger partial charge in [-0.2, -0.15) is 0 Å². The van der Waals surface area contributed by atoms with Crippen molar-refractivity contribution in [1.82, 2.24) is 4.90 Å². The van der Waals surface area contributed by atoms with Gasteiger partial charge in [0.25, 0.3) is 0 Å². The highest BCUT2D eigenvalue weighted by molar-refractivity contribution is 5.69. The third-order valence-corrected chi connectivity index (χ3v) is 4.82. The van der Waals surface area contributed by atoms with Gasteiger partial charge in [0.15, 0.2) is 0 Å². The molecule has 4 nitrogen and oxygen atoms in total. The van der Waals surface area contributed by atoms with Crippen LogP contribution in [0.1, 0.15) is 18.4 Å². The van der Waals surface area contributed by atoms with Gasteiger partial charge < -0.3 is 20.1 Å². The van der Waals surface area contributed by atoms with Crippen molar-refractivity contribution >= 4 is 5.69 Å². The van der Waals surface area contributed by atoms with Gasteiger partial charge in [-0.1, -0.05) is 18.2 Å². The van der Waals surface area contributed by atoms with E-state index >= 15 is 0 Å². The lowest BCUT2D eigenvalue weighted by atomic mass is 9.99. The van der Waals surface area contributed by atoms with Crippen LogP contribution in [-0.4, -0.2) is 30.8 Å². The number of anilines is 1. The van der Waals surface area contributed by atoms with E-state index in [1.54, 1.807) is 0 Å². The molecule has 4 heteroatoms. The first-order chi connectivity index (χ1) is 11.1. The molecule has 0 aliphatic carbocycles. The number of hydrogen-bond donors (Lipinski definition) is 1. The Balaban J connectivity index is 1.60. The zero-order valence-electron chi connectivity index (χ0n) is 13.4. The summed E-state index contributed by atoms with van der Waals surface area (Å²) in [7, 11) is 2.14. The highest BCUT2D eigenvalue weighted by Crippen LogP contribution is 2.39. The van der Waals surface area contributed by atoms with E-state index in [0.717, 1.165) is 54.1 Å². The first-order valence-electron chi connectivity index (χ1n) is 8.14. The lowest BCUT2D eigenvalue weighted by Gasteiger charge is -2.43. The van der Waals surface area contributed by atoms with Crippen LogP contribution in [-0.2, 0) is 11.3 Å². The molecule has 2 aliphatic heterocycles. The van der Waals surface area contributed by atoms with Crippen LogP contribution in [0, 0.1) is 0 Å². The van der Waals surface area contributed by atoms with E-state index in [2.05, 4.69) is 36.2 Å². The van der Waals surface area contributed by atoms with Gasteiger partial charge in [0.1, 0.15) is 5.75 Å². The van der Waals surface area contributed by atoms with Crippen LogP contribution in [0.5, 0.6) is 5.75 Å². The summed E-state index contributed by atoms with van der Waals surface area (Å²) >= 11 is 0. The van der Waals surface area contributed by atoms with Crippen molar-refractivity contribution in [2.24, 2.45) is 0 Å². The minimum atomic E-state index is -0.432. The van der Waals surface area contributed by atoms with Gasteiger partial charge in [-0.3, -0.25) is 0 Å².